The molecular formula is C14H22O3S. The molecular weight excluding hydrogens is 248 g/mol. The van der Waals surface area contributed by atoms with Gasteiger partial charge in [-0.05, 0) is 51.3 Å². The average Bonchev–Trinajstić information content (AvgIpc) is 2.23. The van der Waals surface area contributed by atoms with Gasteiger partial charge in [0, 0.05) is 0 Å². The third-order valence-corrected chi connectivity index (χ3v) is 3.96. The predicted octanol–water partition coefficient (Wildman–Crippen LogP) is 3.53. The van der Waals surface area contributed by atoms with Crippen molar-refractivity contribution in [2.75, 3.05) is 0 Å². The summed E-state index contributed by atoms with van der Waals surface area (Å²) in [6.07, 6.45) is 3.23. The van der Waals surface area contributed by atoms with E-state index < -0.39 is 15.7 Å². The van der Waals surface area contributed by atoms with Gasteiger partial charge in [-0.1, -0.05) is 25.5 Å². The molecule has 4 heteroatoms. The summed E-state index contributed by atoms with van der Waals surface area (Å²) in [6, 6.07) is 6.95. The maximum atomic E-state index is 12.0. The van der Waals surface area contributed by atoms with Crippen LogP contribution in [0, 0.1) is 0 Å². The lowest BCUT2D eigenvalue weighted by Gasteiger charge is -2.18. The van der Waals surface area contributed by atoms with Gasteiger partial charge in [0.15, 0.2) is 0 Å². The lowest BCUT2D eigenvalue weighted by molar-refractivity contribution is 0.139. The number of hydrogen-bond acceptors (Lipinski definition) is 3. The van der Waals surface area contributed by atoms with Crippen molar-refractivity contribution in [1.82, 2.24) is 0 Å². The maximum Gasteiger partial charge on any atom is 0.297 e. The zero-order valence-corrected chi connectivity index (χ0v) is 12.4. The number of rotatable bonds is 5. The summed E-state index contributed by atoms with van der Waals surface area (Å²) in [7, 11) is -3.66. The summed E-state index contributed by atoms with van der Waals surface area (Å²) in [5, 5.41) is 0. The Hall–Kier alpha value is -0.870. The molecule has 0 atom stereocenters. The molecule has 0 aliphatic heterocycles. The van der Waals surface area contributed by atoms with Gasteiger partial charge >= 0.3 is 0 Å². The van der Waals surface area contributed by atoms with E-state index >= 15 is 0 Å². The summed E-state index contributed by atoms with van der Waals surface area (Å²) in [5.74, 6) is 0. The van der Waals surface area contributed by atoms with E-state index in [-0.39, 0.29) is 4.90 Å². The molecule has 18 heavy (non-hydrogen) atoms. The van der Waals surface area contributed by atoms with Crippen molar-refractivity contribution in [2.24, 2.45) is 0 Å². The molecule has 1 aromatic carbocycles. The first kappa shape index (κ1) is 15.2. The highest BCUT2D eigenvalue weighted by Crippen LogP contribution is 2.20. The molecule has 1 aromatic rings. The molecule has 3 nitrogen and oxygen atoms in total. The predicted molar refractivity (Wildman–Crippen MR) is 73.1 cm³/mol. The summed E-state index contributed by atoms with van der Waals surface area (Å²) in [4.78, 5) is 0.220. The molecule has 0 bridgehead atoms. The molecule has 0 saturated heterocycles. The molecule has 0 radical (unpaired) electrons. The SMILES string of the molecule is CCCCc1ccc(S(=O)(=O)OC(C)(C)C)cc1. The molecule has 0 unspecified atom stereocenters. The quantitative estimate of drug-likeness (QED) is 0.769. The third-order valence-electron chi connectivity index (χ3n) is 2.39. The van der Waals surface area contributed by atoms with Crippen LogP contribution in [0.4, 0.5) is 0 Å². The molecule has 0 spiro atoms. The summed E-state index contributed by atoms with van der Waals surface area (Å²) in [6.45, 7) is 7.30. The normalized spacial score (nSPS) is 12.7. The van der Waals surface area contributed by atoms with Crippen molar-refractivity contribution in [2.45, 2.75) is 57.5 Å². The van der Waals surface area contributed by atoms with Crippen LogP contribution in [0.2, 0.25) is 0 Å². The Labute approximate surface area is 110 Å². The fourth-order valence-electron chi connectivity index (χ4n) is 1.58. The fraction of sp³-hybridized carbons (Fsp3) is 0.571. The van der Waals surface area contributed by atoms with E-state index in [9.17, 15) is 8.42 Å². The standard InChI is InChI=1S/C14H22O3S/c1-5-6-7-12-8-10-13(11-9-12)18(15,16)17-14(2,3)4/h8-11H,5-7H2,1-4H3. The Kier molecular flexibility index (Phi) is 4.93. The first-order chi connectivity index (χ1) is 8.24. The summed E-state index contributed by atoms with van der Waals surface area (Å²) < 4.78 is 29.0. The molecule has 1 rings (SSSR count). The van der Waals surface area contributed by atoms with Crippen LogP contribution in [0.5, 0.6) is 0 Å². The number of aryl methyl sites for hydroxylation is 1. The highest BCUT2D eigenvalue weighted by atomic mass is 32.2. The smallest absolute Gasteiger partial charge is 0.261 e. The Morgan fingerprint density at radius 1 is 1.11 bits per heavy atom. The van der Waals surface area contributed by atoms with E-state index in [4.69, 9.17) is 4.18 Å². The topological polar surface area (TPSA) is 43.4 Å². The van der Waals surface area contributed by atoms with E-state index in [2.05, 4.69) is 6.92 Å². The van der Waals surface area contributed by atoms with Gasteiger partial charge in [-0.3, -0.25) is 4.18 Å². The van der Waals surface area contributed by atoms with Crippen LogP contribution >= 0.6 is 0 Å². The van der Waals surface area contributed by atoms with E-state index in [1.807, 2.05) is 12.1 Å². The van der Waals surface area contributed by atoms with Crippen LogP contribution in [0.1, 0.15) is 46.1 Å². The zero-order chi connectivity index (χ0) is 13.8. The van der Waals surface area contributed by atoms with Gasteiger partial charge in [0.05, 0.1) is 10.5 Å². The van der Waals surface area contributed by atoms with E-state index in [0.717, 1.165) is 24.8 Å². The summed E-state index contributed by atoms with van der Waals surface area (Å²) in [5.41, 5.74) is 0.450. The second kappa shape index (κ2) is 5.85. The van der Waals surface area contributed by atoms with Gasteiger partial charge in [-0.25, -0.2) is 0 Å². The molecule has 102 valence electrons. The molecule has 0 amide bonds. The molecule has 0 heterocycles. The Balaban J connectivity index is 2.84. The van der Waals surface area contributed by atoms with Crippen molar-refractivity contribution >= 4 is 10.1 Å². The van der Waals surface area contributed by atoms with Gasteiger partial charge in [-0.15, -0.1) is 0 Å². The van der Waals surface area contributed by atoms with Gasteiger partial charge < -0.3 is 0 Å². The molecule has 0 aromatic heterocycles. The van der Waals surface area contributed by atoms with Gasteiger partial charge in [0.1, 0.15) is 0 Å². The highest BCUT2D eigenvalue weighted by Gasteiger charge is 2.23. The minimum Gasteiger partial charge on any atom is -0.261 e. The van der Waals surface area contributed by atoms with Gasteiger partial charge in [0.2, 0.25) is 0 Å². The number of unbranched alkanes of at least 4 members (excludes halogenated alkanes) is 1. The van der Waals surface area contributed by atoms with Crippen molar-refractivity contribution in [3.63, 3.8) is 0 Å². The highest BCUT2D eigenvalue weighted by molar-refractivity contribution is 7.86. The van der Waals surface area contributed by atoms with Crippen LogP contribution in [0.3, 0.4) is 0 Å². The van der Waals surface area contributed by atoms with Crippen molar-refractivity contribution in [3.05, 3.63) is 29.8 Å². The number of benzene rings is 1. The first-order valence-electron chi connectivity index (χ1n) is 6.29. The number of hydrogen-bond donors (Lipinski definition) is 0. The van der Waals surface area contributed by atoms with Crippen LogP contribution in [0.25, 0.3) is 0 Å². The molecule has 0 saturated carbocycles. The van der Waals surface area contributed by atoms with Crippen LogP contribution in [0.15, 0.2) is 29.2 Å². The van der Waals surface area contributed by atoms with Crippen molar-refractivity contribution < 1.29 is 12.6 Å². The first-order valence-corrected chi connectivity index (χ1v) is 7.70. The lowest BCUT2D eigenvalue weighted by atomic mass is 10.1. The molecule has 0 aliphatic carbocycles. The van der Waals surface area contributed by atoms with Crippen LogP contribution in [-0.2, 0) is 20.7 Å². The Morgan fingerprint density at radius 3 is 2.11 bits per heavy atom. The van der Waals surface area contributed by atoms with Gasteiger partial charge in [0.25, 0.3) is 10.1 Å². The van der Waals surface area contributed by atoms with Crippen molar-refractivity contribution in [1.29, 1.82) is 0 Å². The minimum atomic E-state index is -3.66. The summed E-state index contributed by atoms with van der Waals surface area (Å²) >= 11 is 0. The monoisotopic (exact) mass is 270 g/mol. The van der Waals surface area contributed by atoms with E-state index in [0.29, 0.717) is 0 Å². The second-order valence-corrected chi connectivity index (χ2v) is 6.94. The molecule has 0 fully saturated rings. The maximum absolute atomic E-state index is 12.0. The Bertz CT molecular complexity index is 467. The van der Waals surface area contributed by atoms with Crippen LogP contribution in [-0.4, -0.2) is 14.0 Å². The molecule has 0 N–H and O–H groups in total. The zero-order valence-electron chi connectivity index (χ0n) is 11.6. The largest absolute Gasteiger partial charge is 0.297 e. The van der Waals surface area contributed by atoms with E-state index in [1.165, 1.54) is 0 Å². The second-order valence-electron chi connectivity index (χ2n) is 5.40. The Morgan fingerprint density at radius 2 is 1.67 bits per heavy atom. The van der Waals surface area contributed by atoms with Gasteiger partial charge in [-0.2, -0.15) is 8.42 Å². The average molecular weight is 270 g/mol. The van der Waals surface area contributed by atoms with E-state index in [1.54, 1.807) is 32.9 Å². The lowest BCUT2D eigenvalue weighted by Crippen LogP contribution is -2.24. The minimum absolute atomic E-state index is 0.220. The van der Waals surface area contributed by atoms with Crippen molar-refractivity contribution in [3.8, 4) is 0 Å². The van der Waals surface area contributed by atoms with Crippen LogP contribution < -0.4 is 0 Å². The molecule has 0 aliphatic rings. The third kappa shape index (κ3) is 4.78. The fourth-order valence-corrected chi connectivity index (χ4v) is 2.80.